The zero-order chi connectivity index (χ0) is 18.9. The van der Waals surface area contributed by atoms with Crippen molar-refractivity contribution in [2.24, 2.45) is 4.99 Å². The third-order valence-electron chi connectivity index (χ3n) is 4.51. The van der Waals surface area contributed by atoms with Gasteiger partial charge in [-0.1, -0.05) is 13.0 Å². The Morgan fingerprint density at radius 2 is 2.04 bits per heavy atom. The van der Waals surface area contributed by atoms with Crippen molar-refractivity contribution >= 4 is 17.3 Å². The molecule has 0 bridgehead atoms. The zero-order valence-electron chi connectivity index (χ0n) is 16.2. The van der Waals surface area contributed by atoms with Crippen LogP contribution < -0.4 is 15.4 Å². The van der Waals surface area contributed by atoms with E-state index in [0.29, 0.717) is 19.2 Å². The fourth-order valence-electron chi connectivity index (χ4n) is 3.02. The number of aryl methyl sites for hydroxylation is 1. The molecule has 0 amide bonds. The number of nitrogens with one attached hydrogen (secondary N) is 2. The number of aromatic nitrogens is 2. The number of hydrogen-bond donors (Lipinski definition) is 2. The Morgan fingerprint density at radius 1 is 1.19 bits per heavy atom. The molecule has 1 fully saturated rings. The second-order valence-electron chi connectivity index (χ2n) is 6.65. The number of hydrogen-bond acceptors (Lipinski definition) is 5. The lowest BCUT2D eigenvalue weighted by atomic mass is 10.3. The maximum atomic E-state index is 5.92. The van der Waals surface area contributed by atoms with Crippen LogP contribution in [0.25, 0.3) is 0 Å². The number of thiazole rings is 1. The summed E-state index contributed by atoms with van der Waals surface area (Å²) in [5, 5.41) is 7.70. The molecule has 0 atom stereocenters. The van der Waals surface area contributed by atoms with Gasteiger partial charge in [0.2, 0.25) is 5.88 Å². The van der Waals surface area contributed by atoms with Gasteiger partial charge < -0.3 is 15.4 Å². The number of pyridine rings is 1. The van der Waals surface area contributed by atoms with Crippen LogP contribution in [-0.2, 0) is 19.5 Å². The fourth-order valence-corrected chi connectivity index (χ4v) is 3.82. The molecule has 27 heavy (non-hydrogen) atoms. The maximum Gasteiger partial charge on any atom is 0.213 e. The van der Waals surface area contributed by atoms with Gasteiger partial charge in [0.05, 0.1) is 13.1 Å². The van der Waals surface area contributed by atoms with Gasteiger partial charge in [-0.3, -0.25) is 0 Å². The van der Waals surface area contributed by atoms with Crippen molar-refractivity contribution in [2.75, 3.05) is 6.54 Å². The molecule has 0 spiro atoms. The summed E-state index contributed by atoms with van der Waals surface area (Å²) < 4.78 is 5.92. The standard InChI is InChI=1S/C20H29N5OS/c1-3-17-13-23-19(27-17)14-25-20(21-4-2)24-12-15-9-10-18(22-11-15)26-16-7-5-6-8-16/h9-11,13,16H,3-8,12,14H2,1-2H3,(H2,21,24,25). The minimum atomic E-state index is 0.338. The molecule has 0 unspecified atom stereocenters. The maximum absolute atomic E-state index is 5.92. The van der Waals surface area contributed by atoms with Crippen LogP contribution in [0.3, 0.4) is 0 Å². The minimum Gasteiger partial charge on any atom is -0.474 e. The summed E-state index contributed by atoms with van der Waals surface area (Å²) in [5.74, 6) is 1.51. The molecule has 0 radical (unpaired) electrons. The molecule has 0 saturated heterocycles. The van der Waals surface area contributed by atoms with Crippen LogP contribution in [-0.4, -0.2) is 28.6 Å². The van der Waals surface area contributed by atoms with E-state index in [1.807, 2.05) is 24.5 Å². The number of ether oxygens (including phenoxy) is 1. The van der Waals surface area contributed by atoms with E-state index in [4.69, 9.17) is 4.74 Å². The van der Waals surface area contributed by atoms with Crippen molar-refractivity contribution in [3.05, 3.63) is 40.0 Å². The molecule has 1 aliphatic rings. The van der Waals surface area contributed by atoms with E-state index < -0.39 is 0 Å². The van der Waals surface area contributed by atoms with Crippen molar-refractivity contribution in [3.8, 4) is 5.88 Å². The molecule has 2 heterocycles. The average Bonchev–Trinajstić information content (AvgIpc) is 3.37. The first-order valence-corrected chi connectivity index (χ1v) is 10.7. The summed E-state index contributed by atoms with van der Waals surface area (Å²) >= 11 is 1.74. The van der Waals surface area contributed by atoms with Gasteiger partial charge in [-0.25, -0.2) is 15.0 Å². The normalized spacial score (nSPS) is 15.1. The van der Waals surface area contributed by atoms with Crippen molar-refractivity contribution in [1.29, 1.82) is 0 Å². The molecule has 2 aromatic rings. The quantitative estimate of drug-likeness (QED) is 0.534. The molecule has 0 aliphatic heterocycles. The van der Waals surface area contributed by atoms with Gasteiger partial charge in [0, 0.05) is 29.9 Å². The van der Waals surface area contributed by atoms with Gasteiger partial charge in [0.25, 0.3) is 0 Å². The molecular weight excluding hydrogens is 358 g/mol. The monoisotopic (exact) mass is 387 g/mol. The summed E-state index contributed by atoms with van der Waals surface area (Å²) in [7, 11) is 0. The summed E-state index contributed by atoms with van der Waals surface area (Å²) in [4.78, 5) is 14.8. The Morgan fingerprint density at radius 3 is 2.70 bits per heavy atom. The largest absolute Gasteiger partial charge is 0.474 e. The second kappa shape index (κ2) is 10.3. The predicted molar refractivity (Wildman–Crippen MR) is 110 cm³/mol. The first-order chi connectivity index (χ1) is 13.3. The van der Waals surface area contributed by atoms with Crippen LogP contribution in [0.15, 0.2) is 29.5 Å². The SMILES string of the molecule is CCNC(=NCc1ccc(OC2CCCC2)nc1)NCc1ncc(CC)s1. The molecular formula is C20H29N5OS. The van der Waals surface area contributed by atoms with Crippen LogP contribution in [0.5, 0.6) is 5.88 Å². The van der Waals surface area contributed by atoms with Gasteiger partial charge in [0.15, 0.2) is 5.96 Å². The van der Waals surface area contributed by atoms with Crippen LogP contribution in [0.4, 0.5) is 0 Å². The Kier molecular flexibility index (Phi) is 7.45. The van der Waals surface area contributed by atoms with Crippen molar-refractivity contribution in [2.45, 2.75) is 65.1 Å². The molecule has 3 rings (SSSR count). The highest BCUT2D eigenvalue weighted by Crippen LogP contribution is 2.22. The lowest BCUT2D eigenvalue weighted by Gasteiger charge is -2.12. The Balaban J connectivity index is 1.52. The molecule has 0 aromatic carbocycles. The van der Waals surface area contributed by atoms with E-state index in [1.165, 1.54) is 17.7 Å². The van der Waals surface area contributed by atoms with Crippen LogP contribution in [0.2, 0.25) is 0 Å². The van der Waals surface area contributed by atoms with E-state index in [2.05, 4.69) is 39.4 Å². The summed E-state index contributed by atoms with van der Waals surface area (Å²) in [6, 6.07) is 3.99. The van der Waals surface area contributed by atoms with Crippen molar-refractivity contribution < 1.29 is 4.74 Å². The number of rotatable bonds is 8. The van der Waals surface area contributed by atoms with Crippen molar-refractivity contribution in [3.63, 3.8) is 0 Å². The number of guanidine groups is 1. The van der Waals surface area contributed by atoms with E-state index in [0.717, 1.165) is 48.2 Å². The zero-order valence-corrected chi connectivity index (χ0v) is 17.0. The molecule has 146 valence electrons. The molecule has 2 aromatic heterocycles. The van der Waals surface area contributed by atoms with Gasteiger partial charge in [-0.15, -0.1) is 11.3 Å². The van der Waals surface area contributed by atoms with Crippen molar-refractivity contribution in [1.82, 2.24) is 20.6 Å². The highest BCUT2D eigenvalue weighted by atomic mass is 32.1. The molecule has 1 saturated carbocycles. The van der Waals surface area contributed by atoms with Crippen LogP contribution in [0.1, 0.15) is 55.0 Å². The number of aliphatic imine (C=N–C) groups is 1. The number of nitrogens with zero attached hydrogens (tertiary/aromatic N) is 3. The minimum absolute atomic E-state index is 0.338. The van der Waals surface area contributed by atoms with E-state index >= 15 is 0 Å². The highest BCUT2D eigenvalue weighted by molar-refractivity contribution is 7.11. The Bertz CT molecular complexity index is 722. The summed E-state index contributed by atoms with van der Waals surface area (Å²) in [6.07, 6.45) is 9.98. The predicted octanol–water partition coefficient (Wildman–Crippen LogP) is 3.68. The van der Waals surface area contributed by atoms with E-state index in [-0.39, 0.29) is 0 Å². The summed E-state index contributed by atoms with van der Waals surface area (Å²) in [5.41, 5.74) is 1.06. The Hall–Kier alpha value is -2.15. The first kappa shape index (κ1) is 19.6. The smallest absolute Gasteiger partial charge is 0.213 e. The lowest BCUT2D eigenvalue weighted by Crippen LogP contribution is -2.36. The average molecular weight is 388 g/mol. The van der Waals surface area contributed by atoms with Gasteiger partial charge in [-0.05, 0) is 44.6 Å². The third-order valence-corrected chi connectivity index (χ3v) is 5.65. The molecule has 2 N–H and O–H groups in total. The molecule has 7 heteroatoms. The van der Waals surface area contributed by atoms with Gasteiger partial charge in [-0.2, -0.15) is 0 Å². The van der Waals surface area contributed by atoms with Crippen LogP contribution in [0, 0.1) is 0 Å². The molecule has 6 nitrogen and oxygen atoms in total. The molecule has 1 aliphatic carbocycles. The fraction of sp³-hybridized carbons (Fsp3) is 0.550. The van der Waals surface area contributed by atoms with E-state index in [9.17, 15) is 0 Å². The van der Waals surface area contributed by atoms with Crippen LogP contribution >= 0.6 is 11.3 Å². The van der Waals surface area contributed by atoms with Gasteiger partial charge >= 0.3 is 0 Å². The van der Waals surface area contributed by atoms with E-state index in [1.54, 1.807) is 11.3 Å². The highest BCUT2D eigenvalue weighted by Gasteiger charge is 2.16. The summed E-state index contributed by atoms with van der Waals surface area (Å²) in [6.45, 7) is 6.28. The lowest BCUT2D eigenvalue weighted by molar-refractivity contribution is 0.201. The third kappa shape index (κ3) is 6.20. The van der Waals surface area contributed by atoms with Gasteiger partial charge in [0.1, 0.15) is 11.1 Å². The first-order valence-electron chi connectivity index (χ1n) is 9.84. The second-order valence-corrected chi connectivity index (χ2v) is 7.85. The Labute approximate surface area is 165 Å². The topological polar surface area (TPSA) is 71.4 Å².